The lowest BCUT2D eigenvalue weighted by molar-refractivity contribution is -0.129. The van der Waals surface area contributed by atoms with E-state index in [1.165, 1.54) is 11.0 Å². The highest BCUT2D eigenvalue weighted by atomic mass is 32.2. The Balaban J connectivity index is 1.48. The first kappa shape index (κ1) is 23.2. The lowest BCUT2D eigenvalue weighted by Crippen LogP contribution is -2.33. The molecule has 2 amide bonds. The van der Waals surface area contributed by atoms with Crippen molar-refractivity contribution in [1.29, 1.82) is 0 Å². The number of hydrogen-bond acceptors (Lipinski definition) is 4. The van der Waals surface area contributed by atoms with E-state index in [-0.39, 0.29) is 18.4 Å². The van der Waals surface area contributed by atoms with E-state index in [0.717, 1.165) is 27.5 Å². The number of benzene rings is 3. The summed E-state index contributed by atoms with van der Waals surface area (Å²) in [6, 6.07) is 25.0. The molecule has 0 saturated heterocycles. The van der Waals surface area contributed by atoms with Crippen molar-refractivity contribution in [2.45, 2.75) is 11.5 Å². The average molecular weight is 447 g/mol. The number of likely N-dealkylation sites (N-methyl/N-ethyl adjacent to an activating group) is 1. The number of para-hydroxylation sites is 1. The number of rotatable bonds is 9. The Morgan fingerprint density at radius 3 is 2.38 bits per heavy atom. The first-order chi connectivity index (χ1) is 15.5. The molecular weight excluding hydrogens is 420 g/mol. The van der Waals surface area contributed by atoms with Crippen molar-refractivity contribution >= 4 is 35.3 Å². The van der Waals surface area contributed by atoms with Crippen LogP contribution in [0.1, 0.15) is 11.1 Å². The summed E-state index contributed by atoms with van der Waals surface area (Å²) in [6.07, 6.45) is 5.14. The molecular formula is C26H26N2O3S. The van der Waals surface area contributed by atoms with Gasteiger partial charge in [-0.3, -0.25) is 9.59 Å². The van der Waals surface area contributed by atoms with E-state index >= 15 is 0 Å². The zero-order chi connectivity index (χ0) is 22.8. The van der Waals surface area contributed by atoms with Crippen LogP contribution in [0.25, 0.3) is 6.08 Å². The predicted molar refractivity (Wildman–Crippen MR) is 131 cm³/mol. The lowest BCUT2D eigenvalue weighted by atomic mass is 10.2. The Morgan fingerprint density at radius 1 is 0.969 bits per heavy atom. The van der Waals surface area contributed by atoms with E-state index in [2.05, 4.69) is 5.32 Å². The second kappa shape index (κ2) is 11.8. The van der Waals surface area contributed by atoms with Gasteiger partial charge in [0, 0.05) is 18.0 Å². The molecule has 3 aromatic rings. The molecule has 0 atom stereocenters. The van der Waals surface area contributed by atoms with Gasteiger partial charge in [-0.05, 0) is 47.7 Å². The summed E-state index contributed by atoms with van der Waals surface area (Å²) in [5.41, 5.74) is 2.72. The molecule has 3 rings (SSSR count). The smallest absolute Gasteiger partial charge is 0.246 e. The maximum atomic E-state index is 12.4. The van der Waals surface area contributed by atoms with Gasteiger partial charge in [0.25, 0.3) is 0 Å². The Labute approximate surface area is 193 Å². The number of amides is 2. The van der Waals surface area contributed by atoms with Crippen molar-refractivity contribution in [1.82, 2.24) is 4.90 Å². The van der Waals surface area contributed by atoms with Gasteiger partial charge in [0.05, 0.1) is 12.2 Å². The normalized spacial score (nSPS) is 10.7. The monoisotopic (exact) mass is 446 g/mol. The third kappa shape index (κ3) is 7.03. The second-order valence-corrected chi connectivity index (χ2v) is 7.97. The summed E-state index contributed by atoms with van der Waals surface area (Å²) in [6.45, 7) is 0.473. The van der Waals surface area contributed by atoms with Gasteiger partial charge in [-0.15, -0.1) is 11.8 Å². The number of carbonyl (C=O) groups is 2. The molecule has 0 radical (unpaired) electrons. The number of anilines is 1. The highest BCUT2D eigenvalue weighted by Crippen LogP contribution is 2.24. The van der Waals surface area contributed by atoms with Crippen LogP contribution in [0.2, 0.25) is 0 Å². The van der Waals surface area contributed by atoms with Gasteiger partial charge in [0.15, 0.2) is 0 Å². The number of carbonyl (C=O) groups excluding carboxylic acids is 2. The Bertz CT molecular complexity index is 1070. The Morgan fingerprint density at radius 2 is 1.66 bits per heavy atom. The fraction of sp³-hybridized carbons (Fsp3) is 0.154. The summed E-state index contributed by atoms with van der Waals surface area (Å²) in [7, 11) is 1.60. The number of nitrogens with one attached hydrogen (secondary N) is 1. The molecule has 0 spiro atoms. The molecule has 5 nitrogen and oxygen atoms in total. The lowest BCUT2D eigenvalue weighted by Gasteiger charge is -2.16. The maximum absolute atomic E-state index is 12.4. The van der Waals surface area contributed by atoms with Crippen molar-refractivity contribution in [3.05, 3.63) is 96.1 Å². The third-order valence-electron chi connectivity index (χ3n) is 4.68. The van der Waals surface area contributed by atoms with E-state index in [0.29, 0.717) is 6.61 Å². The topological polar surface area (TPSA) is 58.6 Å². The van der Waals surface area contributed by atoms with Gasteiger partial charge in [-0.2, -0.15) is 0 Å². The minimum Gasteiger partial charge on any atom is -0.489 e. The van der Waals surface area contributed by atoms with E-state index in [4.69, 9.17) is 4.74 Å². The Kier molecular flexibility index (Phi) is 8.52. The first-order valence-electron chi connectivity index (χ1n) is 10.2. The molecule has 0 aliphatic rings. The van der Waals surface area contributed by atoms with Gasteiger partial charge in [0.1, 0.15) is 12.4 Å². The van der Waals surface area contributed by atoms with E-state index in [9.17, 15) is 9.59 Å². The van der Waals surface area contributed by atoms with Crippen molar-refractivity contribution < 1.29 is 14.3 Å². The molecule has 0 aliphatic carbocycles. The molecule has 1 N–H and O–H groups in total. The van der Waals surface area contributed by atoms with Crippen molar-refractivity contribution in [2.75, 3.05) is 25.2 Å². The average Bonchev–Trinajstić information content (AvgIpc) is 2.82. The minimum atomic E-state index is -0.247. The first-order valence-corrected chi connectivity index (χ1v) is 11.4. The van der Waals surface area contributed by atoms with Crippen LogP contribution in [0.4, 0.5) is 5.69 Å². The molecule has 0 saturated carbocycles. The molecule has 6 heteroatoms. The van der Waals surface area contributed by atoms with Gasteiger partial charge >= 0.3 is 0 Å². The zero-order valence-electron chi connectivity index (χ0n) is 18.2. The van der Waals surface area contributed by atoms with Crippen molar-refractivity contribution in [3.8, 4) is 5.75 Å². The summed E-state index contributed by atoms with van der Waals surface area (Å²) in [5, 5.41) is 2.86. The quantitative estimate of drug-likeness (QED) is 0.367. The maximum Gasteiger partial charge on any atom is 0.246 e. The zero-order valence-corrected chi connectivity index (χ0v) is 19.0. The molecule has 0 aromatic heterocycles. The van der Waals surface area contributed by atoms with Gasteiger partial charge in [-0.1, -0.05) is 54.6 Å². The highest BCUT2D eigenvalue weighted by molar-refractivity contribution is 7.98. The number of thioether (sulfide) groups is 1. The van der Waals surface area contributed by atoms with E-state index in [1.807, 2.05) is 85.1 Å². The molecule has 32 heavy (non-hydrogen) atoms. The Hall–Kier alpha value is -3.51. The summed E-state index contributed by atoms with van der Waals surface area (Å²) >= 11 is 1.56. The van der Waals surface area contributed by atoms with Crippen LogP contribution in [0.3, 0.4) is 0 Å². The predicted octanol–water partition coefficient (Wildman–Crippen LogP) is 5.10. The van der Waals surface area contributed by atoms with Gasteiger partial charge in [0.2, 0.25) is 11.8 Å². The molecule has 0 fully saturated rings. The number of ether oxygens (including phenoxy) is 1. The molecule has 0 unspecified atom stereocenters. The number of hydrogen-bond donors (Lipinski definition) is 1. The van der Waals surface area contributed by atoms with Crippen LogP contribution >= 0.6 is 11.8 Å². The van der Waals surface area contributed by atoms with Crippen LogP contribution in [0.15, 0.2) is 89.8 Å². The summed E-state index contributed by atoms with van der Waals surface area (Å²) in [4.78, 5) is 27.1. The summed E-state index contributed by atoms with van der Waals surface area (Å²) < 4.78 is 5.77. The molecule has 0 bridgehead atoms. The van der Waals surface area contributed by atoms with Crippen LogP contribution in [0, 0.1) is 0 Å². The fourth-order valence-corrected chi connectivity index (χ4v) is 3.50. The largest absolute Gasteiger partial charge is 0.489 e. The summed E-state index contributed by atoms with van der Waals surface area (Å²) in [5.74, 6) is 0.273. The van der Waals surface area contributed by atoms with Crippen molar-refractivity contribution in [2.24, 2.45) is 0 Å². The van der Waals surface area contributed by atoms with Gasteiger partial charge in [-0.25, -0.2) is 0 Å². The van der Waals surface area contributed by atoms with Crippen LogP contribution in [0.5, 0.6) is 5.75 Å². The van der Waals surface area contributed by atoms with Crippen molar-refractivity contribution in [3.63, 3.8) is 0 Å². The highest BCUT2D eigenvalue weighted by Gasteiger charge is 2.12. The standard InChI is InChI=1S/C26H26N2O3S/c1-28(18-25(29)27-23-10-6-7-11-24(23)32-2)26(30)17-14-20-12-15-22(16-13-20)31-19-21-8-4-3-5-9-21/h3-17H,18-19H2,1-2H3,(H,27,29)/b17-14+. The van der Waals surface area contributed by atoms with Crippen LogP contribution in [-0.4, -0.2) is 36.6 Å². The molecule has 164 valence electrons. The van der Waals surface area contributed by atoms with E-state index in [1.54, 1.807) is 24.9 Å². The van der Waals surface area contributed by atoms with E-state index < -0.39 is 0 Å². The molecule has 3 aromatic carbocycles. The molecule has 0 aliphatic heterocycles. The van der Waals surface area contributed by atoms with Crippen LogP contribution in [-0.2, 0) is 16.2 Å². The van der Waals surface area contributed by atoms with Gasteiger partial charge < -0.3 is 15.0 Å². The molecule has 0 heterocycles. The second-order valence-electron chi connectivity index (χ2n) is 7.12. The van der Waals surface area contributed by atoms with Crippen LogP contribution < -0.4 is 10.1 Å². The minimum absolute atomic E-state index is 0.0296. The number of nitrogens with zero attached hydrogens (tertiary/aromatic N) is 1. The fourth-order valence-electron chi connectivity index (χ4n) is 2.94. The SMILES string of the molecule is CSc1ccccc1NC(=O)CN(C)C(=O)/C=C/c1ccc(OCc2ccccc2)cc1. The third-order valence-corrected chi connectivity index (χ3v) is 5.48.